The van der Waals surface area contributed by atoms with E-state index >= 15 is 0 Å². The molecule has 12 heavy (non-hydrogen) atoms. The van der Waals surface area contributed by atoms with Crippen molar-refractivity contribution in [2.45, 2.75) is 19.4 Å². The zero-order valence-corrected chi connectivity index (χ0v) is 9.44. The molecule has 0 aromatic heterocycles. The van der Waals surface area contributed by atoms with Gasteiger partial charge in [-0.15, -0.1) is 0 Å². The van der Waals surface area contributed by atoms with Gasteiger partial charge in [0.1, 0.15) is 12.6 Å². The van der Waals surface area contributed by atoms with Crippen molar-refractivity contribution < 1.29 is 14.1 Å². The molecule has 0 aliphatic rings. The lowest BCUT2D eigenvalue weighted by Gasteiger charge is -2.31. The number of hydrogen-bond acceptors (Lipinski definition) is 2. The minimum atomic E-state index is -0.357. The van der Waals surface area contributed by atoms with E-state index in [0.29, 0.717) is 6.61 Å². The van der Waals surface area contributed by atoms with Crippen molar-refractivity contribution >= 4 is 9.47 Å². The highest BCUT2D eigenvalue weighted by atomic mass is 31.0. The maximum atomic E-state index is 9.46. The van der Waals surface area contributed by atoms with Gasteiger partial charge in [0, 0.05) is 9.47 Å². The second-order valence-corrected chi connectivity index (χ2v) is 4.16. The fraction of sp³-hybridized carbons (Fsp3) is 1.00. The molecule has 0 fully saturated rings. The quantitative estimate of drug-likeness (QED) is 0.496. The van der Waals surface area contributed by atoms with E-state index in [-0.39, 0.29) is 6.10 Å². The fourth-order valence-corrected chi connectivity index (χ4v) is 1.65. The van der Waals surface area contributed by atoms with Crippen LogP contribution in [0.5, 0.6) is 0 Å². The second-order valence-electron chi connectivity index (χ2n) is 3.83. The van der Waals surface area contributed by atoms with E-state index in [1.165, 1.54) is 0 Å². The van der Waals surface area contributed by atoms with E-state index in [2.05, 4.69) is 30.5 Å². The molecule has 0 aromatic carbocycles. The predicted octanol–water partition coefficient (Wildman–Crippen LogP) is 0.640. The highest BCUT2D eigenvalue weighted by molar-refractivity contribution is 7.09. The van der Waals surface area contributed by atoms with Crippen molar-refractivity contribution in [1.29, 1.82) is 0 Å². The Kier molecular flexibility index (Phi) is 6.02. The molecule has 1 N–H and O–H groups in total. The molecule has 0 amide bonds. The number of aliphatic hydroxyl groups is 1. The van der Waals surface area contributed by atoms with Crippen LogP contribution in [0.2, 0.25) is 0 Å². The van der Waals surface area contributed by atoms with Crippen LogP contribution in [0.3, 0.4) is 0 Å². The molecule has 0 rings (SSSR count). The van der Waals surface area contributed by atoms with Gasteiger partial charge in [-0.2, -0.15) is 0 Å². The first-order valence-corrected chi connectivity index (χ1v) is 4.80. The van der Waals surface area contributed by atoms with E-state index in [0.717, 1.165) is 24.0 Å². The van der Waals surface area contributed by atoms with Gasteiger partial charge in [0.05, 0.1) is 27.2 Å². The highest BCUT2D eigenvalue weighted by Gasteiger charge is 2.18. The number of aliphatic hydroxyl groups excluding tert-OH is 1. The van der Waals surface area contributed by atoms with E-state index < -0.39 is 0 Å². The van der Waals surface area contributed by atoms with Gasteiger partial charge in [0.25, 0.3) is 0 Å². The van der Waals surface area contributed by atoms with Gasteiger partial charge in [-0.05, 0) is 6.42 Å². The summed E-state index contributed by atoms with van der Waals surface area (Å²) in [4.78, 5) is 0. The van der Waals surface area contributed by atoms with Crippen LogP contribution in [0.1, 0.15) is 13.3 Å². The lowest BCUT2D eigenvalue weighted by molar-refractivity contribution is -0.893. The molecule has 0 saturated carbocycles. The van der Waals surface area contributed by atoms with Crippen LogP contribution in [0, 0.1) is 0 Å². The SMILES string of the molecule is CCC[N+](C)(C)CC(O)COP. The standard InChI is InChI=1S/C8H21NO2P/c1-4-5-9(2,3)6-8(10)7-11-12/h8,10H,4-7,12H2,1-3H3/q+1. The summed E-state index contributed by atoms with van der Waals surface area (Å²) >= 11 is 0. The minimum absolute atomic E-state index is 0.357. The summed E-state index contributed by atoms with van der Waals surface area (Å²) in [5.41, 5.74) is 0. The summed E-state index contributed by atoms with van der Waals surface area (Å²) < 4.78 is 5.64. The lowest BCUT2D eigenvalue weighted by Crippen LogP contribution is -2.46. The molecule has 0 bridgehead atoms. The third kappa shape index (κ3) is 5.90. The molecule has 0 heterocycles. The summed E-state index contributed by atoms with van der Waals surface area (Å²) in [5, 5.41) is 9.46. The van der Waals surface area contributed by atoms with E-state index in [1.54, 1.807) is 0 Å². The highest BCUT2D eigenvalue weighted by Crippen LogP contribution is 2.02. The van der Waals surface area contributed by atoms with Gasteiger partial charge in [-0.25, -0.2) is 0 Å². The number of rotatable bonds is 6. The van der Waals surface area contributed by atoms with Crippen molar-refractivity contribution in [3.05, 3.63) is 0 Å². The molecule has 74 valence electrons. The Morgan fingerprint density at radius 3 is 2.50 bits per heavy atom. The first-order chi connectivity index (χ1) is 5.52. The number of quaternary nitrogens is 1. The zero-order valence-electron chi connectivity index (χ0n) is 8.29. The van der Waals surface area contributed by atoms with Crippen LogP contribution in [0.15, 0.2) is 0 Å². The van der Waals surface area contributed by atoms with Crippen LogP contribution in [0.25, 0.3) is 0 Å². The summed E-state index contributed by atoms with van der Waals surface area (Å²) in [6.45, 7) is 4.39. The van der Waals surface area contributed by atoms with Crippen molar-refractivity contribution in [2.24, 2.45) is 0 Å². The molecule has 0 radical (unpaired) electrons. The van der Waals surface area contributed by atoms with Gasteiger partial charge >= 0.3 is 0 Å². The Hall–Kier alpha value is 0.310. The molecular formula is C8H21NO2P+. The predicted molar refractivity (Wildman–Crippen MR) is 53.8 cm³/mol. The van der Waals surface area contributed by atoms with Gasteiger partial charge in [0.15, 0.2) is 0 Å². The fourth-order valence-electron chi connectivity index (χ4n) is 1.43. The van der Waals surface area contributed by atoms with Crippen molar-refractivity contribution in [3.8, 4) is 0 Å². The normalized spacial score (nSPS) is 14.8. The average molecular weight is 194 g/mol. The number of likely N-dealkylation sites (N-methyl/N-ethyl adjacent to an activating group) is 1. The minimum Gasteiger partial charge on any atom is -0.385 e. The van der Waals surface area contributed by atoms with Crippen LogP contribution >= 0.6 is 9.47 Å². The van der Waals surface area contributed by atoms with Crippen LogP contribution in [0.4, 0.5) is 0 Å². The van der Waals surface area contributed by atoms with Gasteiger partial charge in [-0.1, -0.05) is 6.92 Å². The molecule has 2 atom stereocenters. The number of nitrogens with zero attached hydrogens (tertiary/aromatic N) is 1. The summed E-state index contributed by atoms with van der Waals surface area (Å²) in [6, 6.07) is 0. The molecule has 3 nitrogen and oxygen atoms in total. The maximum absolute atomic E-state index is 9.46. The van der Waals surface area contributed by atoms with E-state index in [4.69, 9.17) is 4.52 Å². The van der Waals surface area contributed by atoms with Gasteiger partial charge in [0.2, 0.25) is 0 Å². The molecular weight excluding hydrogens is 173 g/mol. The average Bonchev–Trinajstić information content (AvgIpc) is 1.85. The largest absolute Gasteiger partial charge is 0.385 e. The summed E-state index contributed by atoms with van der Waals surface area (Å²) in [6.07, 6.45) is 0.783. The topological polar surface area (TPSA) is 29.5 Å². The third-order valence-electron chi connectivity index (χ3n) is 1.82. The van der Waals surface area contributed by atoms with Crippen molar-refractivity contribution in [3.63, 3.8) is 0 Å². The first kappa shape index (κ1) is 12.3. The van der Waals surface area contributed by atoms with Crippen LogP contribution < -0.4 is 0 Å². The van der Waals surface area contributed by atoms with Crippen molar-refractivity contribution in [1.82, 2.24) is 0 Å². The van der Waals surface area contributed by atoms with Gasteiger partial charge < -0.3 is 14.1 Å². The Morgan fingerprint density at radius 1 is 1.50 bits per heavy atom. The maximum Gasteiger partial charge on any atom is 0.126 e. The molecule has 2 unspecified atom stereocenters. The molecule has 0 aliphatic carbocycles. The van der Waals surface area contributed by atoms with Gasteiger partial charge in [-0.3, -0.25) is 0 Å². The number of hydrogen-bond donors (Lipinski definition) is 1. The zero-order chi connectivity index (χ0) is 9.61. The third-order valence-corrected chi connectivity index (χ3v) is 2.01. The lowest BCUT2D eigenvalue weighted by atomic mass is 10.3. The van der Waals surface area contributed by atoms with Crippen LogP contribution in [-0.4, -0.2) is 49.5 Å². The van der Waals surface area contributed by atoms with E-state index in [1.807, 2.05) is 0 Å². The second kappa shape index (κ2) is 5.87. The molecule has 0 aliphatic heterocycles. The Morgan fingerprint density at radius 2 is 2.08 bits per heavy atom. The monoisotopic (exact) mass is 194 g/mol. The van der Waals surface area contributed by atoms with E-state index in [9.17, 15) is 5.11 Å². The van der Waals surface area contributed by atoms with Crippen molar-refractivity contribution in [2.75, 3.05) is 33.8 Å². The molecule has 0 aromatic rings. The summed E-state index contributed by atoms with van der Waals surface area (Å²) in [5.74, 6) is 0. The Labute approximate surface area is 77.6 Å². The van der Waals surface area contributed by atoms with Crippen LogP contribution in [-0.2, 0) is 4.52 Å². The Bertz CT molecular complexity index is 120. The summed E-state index contributed by atoms with van der Waals surface area (Å²) in [7, 11) is 6.40. The smallest absolute Gasteiger partial charge is 0.126 e. The Balaban J connectivity index is 3.70. The molecule has 0 saturated heterocycles. The molecule has 0 spiro atoms. The molecule has 4 heteroatoms. The first-order valence-electron chi connectivity index (χ1n) is 4.33.